The van der Waals surface area contributed by atoms with Gasteiger partial charge in [-0.1, -0.05) is 6.08 Å². The monoisotopic (exact) mass is 281 g/mol. The normalized spacial score (nSPS) is 26.0. The van der Waals surface area contributed by atoms with Crippen LogP contribution in [0.5, 0.6) is 0 Å². The van der Waals surface area contributed by atoms with E-state index < -0.39 is 12.1 Å². The molecule has 0 saturated carbocycles. The molecule has 0 aromatic rings. The quantitative estimate of drug-likeness (QED) is 0.729. The van der Waals surface area contributed by atoms with E-state index in [-0.39, 0.29) is 24.0 Å². The molecule has 1 rings (SSSR count). The molecule has 0 saturated heterocycles. The minimum absolute atomic E-state index is 0.0174. The van der Waals surface area contributed by atoms with E-state index >= 15 is 0 Å². The zero-order chi connectivity index (χ0) is 15.3. The Kier molecular flexibility index (Phi) is 5.95. The van der Waals surface area contributed by atoms with E-state index in [0.29, 0.717) is 18.4 Å². The number of amides is 1. The summed E-state index contributed by atoms with van der Waals surface area (Å²) in [5, 5.41) is 12.1. The van der Waals surface area contributed by atoms with Gasteiger partial charge in [0, 0.05) is 12.5 Å². The fraction of sp³-hybridized carbons (Fsp3) is 0.600. The van der Waals surface area contributed by atoms with Gasteiger partial charge in [-0.2, -0.15) is 0 Å². The Hall–Kier alpha value is -1.62. The summed E-state index contributed by atoms with van der Waals surface area (Å²) in [6.07, 6.45) is 3.92. The van der Waals surface area contributed by atoms with Crippen LogP contribution in [-0.2, 0) is 14.3 Å². The Morgan fingerprint density at radius 1 is 1.60 bits per heavy atom. The molecule has 2 N–H and O–H groups in total. The summed E-state index contributed by atoms with van der Waals surface area (Å²) in [6, 6.07) is -0.226. The molecule has 0 bridgehead atoms. The van der Waals surface area contributed by atoms with Crippen molar-refractivity contribution in [2.75, 3.05) is 0 Å². The summed E-state index contributed by atoms with van der Waals surface area (Å²) in [5.41, 5.74) is 0.337. The highest BCUT2D eigenvalue weighted by atomic mass is 16.5. The highest BCUT2D eigenvalue weighted by molar-refractivity contribution is 5.87. The molecule has 0 spiro atoms. The summed E-state index contributed by atoms with van der Waals surface area (Å²) in [5.74, 6) is -1.09. The van der Waals surface area contributed by atoms with Gasteiger partial charge in [0.25, 0.3) is 0 Å². The Labute approximate surface area is 119 Å². The molecule has 0 heterocycles. The first-order chi connectivity index (χ1) is 9.35. The number of allylic oxidation sites excluding steroid dienone is 1. The molecular weight excluding hydrogens is 258 g/mol. The van der Waals surface area contributed by atoms with Crippen LogP contribution in [0.2, 0.25) is 0 Å². The number of carboxylic acids is 1. The van der Waals surface area contributed by atoms with Crippen molar-refractivity contribution in [2.45, 2.75) is 51.9 Å². The molecule has 0 aliphatic heterocycles. The van der Waals surface area contributed by atoms with Crippen LogP contribution >= 0.6 is 0 Å². The minimum atomic E-state index is -0.933. The molecule has 5 heteroatoms. The molecule has 0 aromatic carbocycles. The van der Waals surface area contributed by atoms with Crippen LogP contribution in [0, 0.1) is 5.92 Å². The maximum absolute atomic E-state index is 11.4. The number of nitrogens with one attached hydrogen (secondary N) is 1. The van der Waals surface area contributed by atoms with Gasteiger partial charge in [0.05, 0.1) is 18.2 Å². The lowest BCUT2D eigenvalue weighted by Crippen LogP contribution is -2.50. The second-order valence-corrected chi connectivity index (χ2v) is 5.36. The summed E-state index contributed by atoms with van der Waals surface area (Å²) in [6.45, 7) is 8.93. The van der Waals surface area contributed by atoms with Crippen molar-refractivity contribution in [3.63, 3.8) is 0 Å². The van der Waals surface area contributed by atoms with Crippen LogP contribution in [0.1, 0.15) is 33.6 Å². The topological polar surface area (TPSA) is 75.6 Å². The van der Waals surface area contributed by atoms with Gasteiger partial charge in [-0.3, -0.25) is 4.79 Å². The van der Waals surface area contributed by atoms with E-state index in [2.05, 4.69) is 11.9 Å². The number of rotatable bonds is 6. The predicted octanol–water partition coefficient (Wildman–Crippen LogP) is 1.89. The van der Waals surface area contributed by atoms with Crippen LogP contribution in [0.25, 0.3) is 0 Å². The van der Waals surface area contributed by atoms with Crippen LogP contribution in [0.4, 0.5) is 0 Å². The molecule has 0 aromatic heterocycles. The maximum atomic E-state index is 11.4. The number of carboxylic acid groups (broad SMARTS) is 1. The van der Waals surface area contributed by atoms with Gasteiger partial charge >= 0.3 is 5.97 Å². The van der Waals surface area contributed by atoms with E-state index in [9.17, 15) is 14.7 Å². The first-order valence-electron chi connectivity index (χ1n) is 6.82. The van der Waals surface area contributed by atoms with E-state index in [4.69, 9.17) is 4.74 Å². The third kappa shape index (κ3) is 4.49. The number of carbonyl (C=O) groups is 2. The Morgan fingerprint density at radius 2 is 2.25 bits per heavy atom. The molecular formula is C15H23NO4. The standard InChI is InChI=1S/C15H23NO4/c1-5-6-11-7-12(15(18)19)8-13(20-9(2)3)14(11)16-10(4)17/h5,8-9,11,13-14H,1,6-7H2,2-4H3,(H,16,17)(H,18,19)/t11-,13+,14+/m0/s1. The predicted molar refractivity (Wildman–Crippen MR) is 76.3 cm³/mol. The molecule has 1 aliphatic rings. The van der Waals surface area contributed by atoms with Crippen LogP contribution in [0.15, 0.2) is 24.3 Å². The van der Waals surface area contributed by atoms with Gasteiger partial charge in [-0.15, -0.1) is 6.58 Å². The lowest BCUT2D eigenvalue weighted by molar-refractivity contribution is -0.133. The highest BCUT2D eigenvalue weighted by Gasteiger charge is 2.36. The minimum Gasteiger partial charge on any atom is -0.478 e. The summed E-state index contributed by atoms with van der Waals surface area (Å²) in [4.78, 5) is 22.6. The van der Waals surface area contributed by atoms with Crippen LogP contribution in [0.3, 0.4) is 0 Å². The zero-order valence-electron chi connectivity index (χ0n) is 12.3. The third-order valence-electron chi connectivity index (χ3n) is 3.25. The zero-order valence-corrected chi connectivity index (χ0v) is 12.3. The van der Waals surface area contributed by atoms with Crippen molar-refractivity contribution in [3.05, 3.63) is 24.3 Å². The summed E-state index contributed by atoms with van der Waals surface area (Å²) in [7, 11) is 0. The molecule has 1 amide bonds. The van der Waals surface area contributed by atoms with Crippen molar-refractivity contribution < 1.29 is 19.4 Å². The number of ether oxygens (including phenoxy) is 1. The molecule has 0 unspecified atom stereocenters. The van der Waals surface area contributed by atoms with Gasteiger partial charge in [-0.05, 0) is 38.7 Å². The van der Waals surface area contributed by atoms with Crippen LogP contribution < -0.4 is 5.32 Å². The number of aliphatic carboxylic acids is 1. The highest BCUT2D eigenvalue weighted by Crippen LogP contribution is 2.30. The molecule has 0 fully saturated rings. The van der Waals surface area contributed by atoms with Crippen molar-refractivity contribution in [1.29, 1.82) is 0 Å². The SMILES string of the molecule is C=CC[C@H]1CC(C(=O)O)=C[C@@H](OC(C)C)[C@@H]1NC(C)=O. The number of hydrogen-bond acceptors (Lipinski definition) is 3. The average Bonchev–Trinajstić information content (AvgIpc) is 2.31. The van der Waals surface area contributed by atoms with Crippen LogP contribution in [-0.4, -0.2) is 35.2 Å². The third-order valence-corrected chi connectivity index (χ3v) is 3.25. The molecule has 20 heavy (non-hydrogen) atoms. The average molecular weight is 281 g/mol. The van der Waals surface area contributed by atoms with Gasteiger partial charge in [-0.25, -0.2) is 4.79 Å². The molecule has 5 nitrogen and oxygen atoms in total. The van der Waals surface area contributed by atoms with Crippen molar-refractivity contribution in [1.82, 2.24) is 5.32 Å². The Bertz CT molecular complexity index is 414. The summed E-state index contributed by atoms with van der Waals surface area (Å²) < 4.78 is 5.77. The first kappa shape index (κ1) is 16.4. The van der Waals surface area contributed by atoms with Crippen molar-refractivity contribution in [3.8, 4) is 0 Å². The van der Waals surface area contributed by atoms with Gasteiger partial charge in [0.15, 0.2) is 0 Å². The second kappa shape index (κ2) is 7.24. The van der Waals surface area contributed by atoms with Gasteiger partial charge in [0.2, 0.25) is 5.91 Å². The first-order valence-corrected chi connectivity index (χ1v) is 6.82. The number of hydrogen-bond donors (Lipinski definition) is 2. The smallest absolute Gasteiger partial charge is 0.331 e. The van der Waals surface area contributed by atoms with Crippen molar-refractivity contribution in [2.24, 2.45) is 5.92 Å². The Morgan fingerprint density at radius 3 is 2.70 bits per heavy atom. The number of carbonyl (C=O) groups excluding carboxylic acids is 1. The lowest BCUT2D eigenvalue weighted by Gasteiger charge is -2.37. The van der Waals surface area contributed by atoms with E-state index in [1.165, 1.54) is 6.92 Å². The van der Waals surface area contributed by atoms with Crippen molar-refractivity contribution >= 4 is 11.9 Å². The largest absolute Gasteiger partial charge is 0.478 e. The lowest BCUT2D eigenvalue weighted by atomic mass is 9.80. The molecule has 0 radical (unpaired) electrons. The fourth-order valence-electron chi connectivity index (χ4n) is 2.52. The Balaban J connectivity index is 3.06. The summed E-state index contributed by atoms with van der Waals surface area (Å²) >= 11 is 0. The molecule has 1 aliphatic carbocycles. The van der Waals surface area contributed by atoms with E-state index in [0.717, 1.165) is 0 Å². The van der Waals surface area contributed by atoms with E-state index in [1.807, 2.05) is 13.8 Å². The second-order valence-electron chi connectivity index (χ2n) is 5.36. The fourth-order valence-corrected chi connectivity index (χ4v) is 2.52. The van der Waals surface area contributed by atoms with Gasteiger partial charge in [0.1, 0.15) is 0 Å². The molecule has 112 valence electrons. The molecule has 3 atom stereocenters. The van der Waals surface area contributed by atoms with Gasteiger partial charge < -0.3 is 15.2 Å². The maximum Gasteiger partial charge on any atom is 0.331 e. The van der Waals surface area contributed by atoms with E-state index in [1.54, 1.807) is 12.2 Å².